The molecular formula is C22H34Cl2N6O. The summed E-state index contributed by atoms with van der Waals surface area (Å²) in [5, 5.41) is 12.0. The Labute approximate surface area is 197 Å². The normalized spacial score (nSPS) is 27.9. The molecule has 0 spiro atoms. The maximum absolute atomic E-state index is 5.87. The summed E-state index contributed by atoms with van der Waals surface area (Å²) in [6.07, 6.45) is 5.50. The molecule has 0 aromatic carbocycles. The molecule has 172 valence electrons. The van der Waals surface area contributed by atoms with Crippen LogP contribution in [0.4, 0.5) is 5.82 Å². The van der Waals surface area contributed by atoms with Gasteiger partial charge in [0.1, 0.15) is 5.82 Å². The van der Waals surface area contributed by atoms with E-state index in [1.54, 1.807) is 0 Å². The van der Waals surface area contributed by atoms with E-state index >= 15 is 0 Å². The van der Waals surface area contributed by atoms with Crippen LogP contribution >= 0.6 is 24.8 Å². The lowest BCUT2D eigenvalue weighted by Crippen LogP contribution is -2.44. The SMILES string of the molecule is CO[C@@H]1C[C@H]2CN(Cc3cc4n(n3)CCCNC4)C[C@H]2C[C@H]1Nc1ccccn1.Cl.Cl. The summed E-state index contributed by atoms with van der Waals surface area (Å²) in [4.78, 5) is 7.04. The fourth-order valence-corrected chi connectivity index (χ4v) is 5.42. The lowest BCUT2D eigenvalue weighted by atomic mass is 9.77. The number of likely N-dealkylation sites (tertiary alicyclic amines) is 1. The van der Waals surface area contributed by atoms with Gasteiger partial charge in [0.2, 0.25) is 0 Å². The first-order valence-corrected chi connectivity index (χ1v) is 11.0. The van der Waals surface area contributed by atoms with Crippen LogP contribution in [0.3, 0.4) is 0 Å². The van der Waals surface area contributed by atoms with E-state index in [0.717, 1.165) is 64.3 Å². The van der Waals surface area contributed by atoms with E-state index in [0.29, 0.717) is 17.9 Å². The molecule has 4 atom stereocenters. The first kappa shape index (κ1) is 24.3. The maximum atomic E-state index is 5.87. The number of aromatic nitrogens is 3. The van der Waals surface area contributed by atoms with Gasteiger partial charge in [-0.2, -0.15) is 5.10 Å². The highest BCUT2D eigenvalue weighted by Crippen LogP contribution is 2.38. The number of rotatable bonds is 5. The van der Waals surface area contributed by atoms with E-state index in [1.807, 2.05) is 31.5 Å². The zero-order valence-electron chi connectivity index (χ0n) is 18.1. The highest BCUT2D eigenvalue weighted by Gasteiger charge is 2.42. The van der Waals surface area contributed by atoms with Crippen LogP contribution in [-0.2, 0) is 24.4 Å². The molecular weight excluding hydrogens is 435 g/mol. The minimum absolute atomic E-state index is 0. The van der Waals surface area contributed by atoms with Crippen molar-refractivity contribution in [2.75, 3.05) is 32.1 Å². The number of anilines is 1. The Morgan fingerprint density at radius 3 is 2.81 bits per heavy atom. The predicted molar refractivity (Wildman–Crippen MR) is 127 cm³/mol. The maximum Gasteiger partial charge on any atom is 0.126 e. The number of ether oxygens (including phenoxy) is 1. The van der Waals surface area contributed by atoms with Gasteiger partial charge in [-0.3, -0.25) is 9.58 Å². The second-order valence-electron chi connectivity index (χ2n) is 8.81. The third kappa shape index (κ3) is 5.52. The fourth-order valence-electron chi connectivity index (χ4n) is 5.42. The van der Waals surface area contributed by atoms with E-state index in [4.69, 9.17) is 9.84 Å². The molecule has 2 aromatic heterocycles. The largest absolute Gasteiger partial charge is 0.379 e. The van der Waals surface area contributed by atoms with Gasteiger partial charge in [-0.1, -0.05) is 6.07 Å². The quantitative estimate of drug-likeness (QED) is 0.702. The minimum Gasteiger partial charge on any atom is -0.379 e. The Bertz CT molecular complexity index is 796. The first-order valence-electron chi connectivity index (χ1n) is 11.0. The van der Waals surface area contributed by atoms with Crippen molar-refractivity contribution in [3.63, 3.8) is 0 Å². The van der Waals surface area contributed by atoms with Crippen molar-refractivity contribution in [1.82, 2.24) is 25.0 Å². The molecule has 0 amide bonds. The molecule has 3 aliphatic rings. The molecule has 2 aliphatic heterocycles. The number of nitrogens with zero attached hydrogens (tertiary/aromatic N) is 4. The second kappa shape index (κ2) is 11.0. The van der Waals surface area contributed by atoms with Crippen molar-refractivity contribution in [3.05, 3.63) is 41.9 Å². The van der Waals surface area contributed by atoms with Gasteiger partial charge in [0.05, 0.1) is 23.5 Å². The van der Waals surface area contributed by atoms with Gasteiger partial charge in [-0.05, 0) is 55.8 Å². The van der Waals surface area contributed by atoms with Crippen LogP contribution in [0.5, 0.6) is 0 Å². The third-order valence-corrected chi connectivity index (χ3v) is 6.82. The van der Waals surface area contributed by atoms with E-state index in [2.05, 4.69) is 31.3 Å². The van der Waals surface area contributed by atoms with Crippen molar-refractivity contribution >= 4 is 30.6 Å². The Kier molecular flexibility index (Phi) is 8.58. The van der Waals surface area contributed by atoms with Gasteiger partial charge >= 0.3 is 0 Å². The monoisotopic (exact) mass is 468 g/mol. The lowest BCUT2D eigenvalue weighted by molar-refractivity contribution is 0.0304. The molecule has 7 nitrogen and oxygen atoms in total. The van der Waals surface area contributed by atoms with Crippen LogP contribution in [0.25, 0.3) is 0 Å². The molecule has 5 rings (SSSR count). The van der Waals surface area contributed by atoms with Gasteiger partial charge < -0.3 is 15.4 Å². The van der Waals surface area contributed by atoms with Crippen molar-refractivity contribution < 1.29 is 4.74 Å². The summed E-state index contributed by atoms with van der Waals surface area (Å²) in [5.41, 5.74) is 2.54. The Balaban J connectivity index is 0.00000136. The Morgan fingerprint density at radius 2 is 2.03 bits per heavy atom. The van der Waals surface area contributed by atoms with Gasteiger partial charge in [-0.15, -0.1) is 24.8 Å². The van der Waals surface area contributed by atoms with Crippen LogP contribution in [-0.4, -0.2) is 58.6 Å². The third-order valence-electron chi connectivity index (χ3n) is 6.82. The van der Waals surface area contributed by atoms with Crippen LogP contribution < -0.4 is 10.6 Å². The minimum atomic E-state index is 0. The van der Waals surface area contributed by atoms with Crippen molar-refractivity contribution in [2.45, 2.75) is 51.0 Å². The molecule has 1 saturated heterocycles. The zero-order chi connectivity index (χ0) is 19.6. The van der Waals surface area contributed by atoms with Gasteiger partial charge in [0.25, 0.3) is 0 Å². The molecule has 0 bridgehead atoms. The number of halogens is 2. The van der Waals surface area contributed by atoms with Crippen LogP contribution in [0.15, 0.2) is 30.5 Å². The van der Waals surface area contributed by atoms with Crippen molar-refractivity contribution in [1.29, 1.82) is 0 Å². The van der Waals surface area contributed by atoms with Gasteiger partial charge in [-0.25, -0.2) is 4.98 Å². The highest BCUT2D eigenvalue weighted by molar-refractivity contribution is 5.85. The molecule has 0 radical (unpaired) electrons. The van der Waals surface area contributed by atoms with E-state index in [9.17, 15) is 0 Å². The lowest BCUT2D eigenvalue weighted by Gasteiger charge is -2.37. The number of methoxy groups -OCH3 is 1. The molecule has 4 heterocycles. The number of nitrogens with one attached hydrogen (secondary N) is 2. The van der Waals surface area contributed by atoms with E-state index < -0.39 is 0 Å². The Hall–Kier alpha value is -1.38. The molecule has 1 aliphatic carbocycles. The smallest absolute Gasteiger partial charge is 0.126 e. The van der Waals surface area contributed by atoms with Crippen molar-refractivity contribution in [3.8, 4) is 0 Å². The number of fused-ring (bicyclic) bond motifs is 2. The summed E-state index contributed by atoms with van der Waals surface area (Å²) < 4.78 is 8.07. The van der Waals surface area contributed by atoms with E-state index in [1.165, 1.54) is 11.4 Å². The summed E-state index contributed by atoms with van der Waals surface area (Å²) in [7, 11) is 1.84. The zero-order valence-corrected chi connectivity index (χ0v) is 19.7. The van der Waals surface area contributed by atoms with Crippen LogP contribution in [0.2, 0.25) is 0 Å². The average Bonchev–Trinajstić information content (AvgIpc) is 3.23. The summed E-state index contributed by atoms with van der Waals surface area (Å²) >= 11 is 0. The average molecular weight is 469 g/mol. The summed E-state index contributed by atoms with van der Waals surface area (Å²) in [5.74, 6) is 2.37. The topological polar surface area (TPSA) is 67.2 Å². The molecule has 2 fully saturated rings. The first-order chi connectivity index (χ1) is 14.3. The Morgan fingerprint density at radius 1 is 1.19 bits per heavy atom. The molecule has 2 aromatic rings. The molecule has 1 saturated carbocycles. The summed E-state index contributed by atoms with van der Waals surface area (Å²) in [6.45, 7) is 6.33. The molecule has 9 heteroatoms. The predicted octanol–water partition coefficient (Wildman–Crippen LogP) is 2.95. The van der Waals surface area contributed by atoms with E-state index in [-0.39, 0.29) is 30.9 Å². The van der Waals surface area contributed by atoms with Crippen LogP contribution in [0.1, 0.15) is 30.7 Å². The highest BCUT2D eigenvalue weighted by atomic mass is 35.5. The molecule has 0 unspecified atom stereocenters. The number of aryl methyl sites for hydroxylation is 1. The molecule has 31 heavy (non-hydrogen) atoms. The van der Waals surface area contributed by atoms with Gasteiger partial charge in [0.15, 0.2) is 0 Å². The number of hydrogen-bond acceptors (Lipinski definition) is 6. The van der Waals surface area contributed by atoms with Crippen LogP contribution in [0, 0.1) is 11.8 Å². The fraction of sp³-hybridized carbons (Fsp3) is 0.636. The number of pyridine rings is 1. The summed E-state index contributed by atoms with van der Waals surface area (Å²) in [6, 6.07) is 8.64. The van der Waals surface area contributed by atoms with Gasteiger partial charge in [0, 0.05) is 46.0 Å². The second-order valence-corrected chi connectivity index (χ2v) is 8.81. The molecule has 2 N–H and O–H groups in total. The standard InChI is InChI=1S/C22H32N6O.2ClH/c1-29-21-10-17-14-27(15-18-11-19-12-23-6-4-8-28(19)26-18)13-16(17)9-20(21)25-22-5-2-3-7-24-22;;/h2-3,5,7,11,16-17,20-21,23H,4,6,8-10,12-15H2,1H3,(H,24,25);2*1H/t16-,17+,20-,21-;;/m1../s1. The van der Waals surface area contributed by atoms with Crippen molar-refractivity contribution in [2.24, 2.45) is 11.8 Å². The number of hydrogen-bond donors (Lipinski definition) is 2.